The number of rotatable bonds is 9. The number of carbonyl (C=O) groups excluding carboxylic acids is 2. The second-order valence-corrected chi connectivity index (χ2v) is 14.5. The fourth-order valence-corrected chi connectivity index (χ4v) is 7.47. The molecular weight excluding hydrogens is 620 g/mol. The molecule has 3 aromatic rings. The quantitative estimate of drug-likeness (QED) is 0.242. The van der Waals surface area contributed by atoms with Gasteiger partial charge >= 0.3 is 6.09 Å². The Labute approximate surface area is 290 Å². The van der Waals surface area contributed by atoms with Crippen molar-refractivity contribution in [3.63, 3.8) is 0 Å². The number of aryl methyl sites for hydroxylation is 1. The Hall–Kier alpha value is -3.99. The van der Waals surface area contributed by atoms with Gasteiger partial charge in [-0.05, 0) is 95.5 Å². The average molecular weight is 673 g/mol. The van der Waals surface area contributed by atoms with E-state index in [1.807, 2.05) is 30.0 Å². The van der Waals surface area contributed by atoms with Gasteiger partial charge in [0, 0.05) is 67.9 Å². The summed E-state index contributed by atoms with van der Waals surface area (Å²) in [5.41, 5.74) is 3.66. The molecule has 0 radical (unpaired) electrons. The average Bonchev–Trinajstić information content (AvgIpc) is 3.63. The van der Waals surface area contributed by atoms with Gasteiger partial charge in [-0.3, -0.25) is 14.7 Å². The van der Waals surface area contributed by atoms with Crippen LogP contribution in [0.3, 0.4) is 0 Å². The molecule has 0 bridgehead atoms. The molecule has 11 nitrogen and oxygen atoms in total. The highest BCUT2D eigenvalue weighted by Crippen LogP contribution is 2.38. The Morgan fingerprint density at radius 3 is 2.37 bits per heavy atom. The monoisotopic (exact) mass is 672 g/mol. The minimum Gasteiger partial charge on any atom is -0.495 e. The molecule has 11 heteroatoms. The van der Waals surface area contributed by atoms with Crippen LogP contribution in [-0.2, 0) is 9.53 Å². The summed E-state index contributed by atoms with van der Waals surface area (Å²) in [7, 11) is 3.75. The second-order valence-electron chi connectivity index (χ2n) is 14.5. The Balaban J connectivity index is 1.14. The van der Waals surface area contributed by atoms with Gasteiger partial charge in [-0.1, -0.05) is 13.8 Å². The number of piperazine rings is 1. The molecule has 2 amide bonds. The van der Waals surface area contributed by atoms with Gasteiger partial charge in [0.2, 0.25) is 5.91 Å². The maximum absolute atomic E-state index is 14.4. The molecule has 3 fully saturated rings. The van der Waals surface area contributed by atoms with Crippen molar-refractivity contribution in [3.05, 3.63) is 54.0 Å². The Bertz CT molecular complexity index is 1570. The topological polar surface area (TPSA) is 114 Å². The number of carbonyl (C=O) groups is 2. The number of aromatic nitrogens is 3. The Kier molecular flexibility index (Phi) is 11.2. The van der Waals surface area contributed by atoms with E-state index >= 15 is 0 Å². The fraction of sp³-hybridized carbons (Fsp3) is 0.605. The van der Waals surface area contributed by atoms with Gasteiger partial charge in [0.15, 0.2) is 5.89 Å². The number of nitrogens with zero attached hydrogens (tertiary/aromatic N) is 6. The number of oxazole rings is 1. The molecule has 4 heterocycles. The van der Waals surface area contributed by atoms with Gasteiger partial charge in [-0.15, -0.1) is 0 Å². The lowest BCUT2D eigenvalue weighted by molar-refractivity contribution is -0.124. The molecule has 2 saturated carbocycles. The number of amides is 2. The Morgan fingerprint density at radius 1 is 0.980 bits per heavy atom. The highest BCUT2D eigenvalue weighted by molar-refractivity contribution is 5.94. The first kappa shape index (κ1) is 34.9. The van der Waals surface area contributed by atoms with Crippen molar-refractivity contribution in [1.82, 2.24) is 24.8 Å². The smallest absolute Gasteiger partial charge is 0.410 e. The summed E-state index contributed by atoms with van der Waals surface area (Å²) in [5, 5.41) is 0. The minimum atomic E-state index is -0.227. The van der Waals surface area contributed by atoms with E-state index in [9.17, 15) is 9.59 Å². The van der Waals surface area contributed by atoms with Crippen LogP contribution < -0.4 is 9.64 Å². The van der Waals surface area contributed by atoms with E-state index in [-0.39, 0.29) is 29.9 Å². The number of methoxy groups -OCH3 is 1. The predicted octanol–water partition coefficient (Wildman–Crippen LogP) is 6.82. The predicted molar refractivity (Wildman–Crippen MR) is 188 cm³/mol. The standard InChI is InChI=1S/C38H52N6O5/c1-25(2)36-41-33(24-48-36)30-16-17-39-35(22-30)44(23-27-6-8-28(9-7-27)32-14-15-34(47-5)26(3)40-32)37(45)29-10-12-31(13-11-29)49-38(46)43-20-18-42(4)19-21-43/h14-17,22,24-25,27-29,31H,6-13,18-21,23H2,1-5H3/t27-,28-,29-,31-. The van der Waals surface area contributed by atoms with E-state index in [0.29, 0.717) is 68.9 Å². The van der Waals surface area contributed by atoms with Crippen molar-refractivity contribution in [2.24, 2.45) is 11.8 Å². The van der Waals surface area contributed by atoms with Crippen LogP contribution in [0.15, 0.2) is 41.1 Å². The SMILES string of the molecule is COc1ccc([C@H]2CC[C@H](CN(c3cc(-c4coc(C(C)C)n4)ccn3)C(=O)[C@H]3CC[C@H](OC(=O)N4CCN(C)CC4)CC3)CC2)nc1C. The molecule has 1 saturated heterocycles. The highest BCUT2D eigenvalue weighted by Gasteiger charge is 2.35. The van der Waals surface area contributed by atoms with Gasteiger partial charge in [-0.2, -0.15) is 0 Å². The number of ether oxygens (including phenoxy) is 2. The van der Waals surface area contributed by atoms with Gasteiger partial charge in [0.25, 0.3) is 0 Å². The number of anilines is 1. The summed E-state index contributed by atoms with van der Waals surface area (Å²) in [6.07, 6.45) is 9.89. The molecule has 0 unspecified atom stereocenters. The minimum absolute atomic E-state index is 0.103. The summed E-state index contributed by atoms with van der Waals surface area (Å²) in [5.74, 6) is 3.03. The lowest BCUT2D eigenvalue weighted by Crippen LogP contribution is -2.48. The zero-order valence-corrected chi connectivity index (χ0v) is 29.8. The molecule has 49 heavy (non-hydrogen) atoms. The van der Waals surface area contributed by atoms with Crippen LogP contribution in [0.25, 0.3) is 11.3 Å². The van der Waals surface area contributed by atoms with E-state index in [4.69, 9.17) is 28.8 Å². The van der Waals surface area contributed by atoms with Gasteiger partial charge in [-0.25, -0.2) is 14.8 Å². The van der Waals surface area contributed by atoms with Crippen LogP contribution in [0.2, 0.25) is 0 Å². The highest BCUT2D eigenvalue weighted by atomic mass is 16.6. The third-order valence-electron chi connectivity index (χ3n) is 10.6. The van der Waals surface area contributed by atoms with E-state index in [0.717, 1.165) is 67.2 Å². The number of likely N-dealkylation sites (N-methyl/N-ethyl adjacent to an activating group) is 1. The van der Waals surface area contributed by atoms with Gasteiger partial charge < -0.3 is 23.7 Å². The van der Waals surface area contributed by atoms with Crippen molar-refractivity contribution < 1.29 is 23.5 Å². The van der Waals surface area contributed by atoms with Gasteiger partial charge in [0.05, 0.1) is 12.8 Å². The molecule has 3 aromatic heterocycles. The molecule has 0 aromatic carbocycles. The van der Waals surface area contributed by atoms with E-state index in [2.05, 4.69) is 31.9 Å². The molecule has 2 aliphatic carbocycles. The second kappa shape index (κ2) is 15.7. The number of pyridine rings is 2. The summed E-state index contributed by atoms with van der Waals surface area (Å²) in [6.45, 7) is 9.81. The molecule has 3 aliphatic rings. The van der Waals surface area contributed by atoms with Gasteiger partial charge in [0.1, 0.15) is 29.6 Å². The summed E-state index contributed by atoms with van der Waals surface area (Å²) in [4.78, 5) is 47.5. The lowest BCUT2D eigenvalue weighted by Gasteiger charge is -2.36. The summed E-state index contributed by atoms with van der Waals surface area (Å²) < 4.78 is 17.1. The first-order valence-electron chi connectivity index (χ1n) is 18.1. The molecule has 264 valence electrons. The zero-order valence-electron chi connectivity index (χ0n) is 29.8. The van der Waals surface area contributed by atoms with Crippen LogP contribution in [0.4, 0.5) is 10.6 Å². The fourth-order valence-electron chi connectivity index (χ4n) is 7.47. The van der Waals surface area contributed by atoms with E-state index < -0.39 is 0 Å². The van der Waals surface area contributed by atoms with Crippen LogP contribution >= 0.6 is 0 Å². The number of hydrogen-bond donors (Lipinski definition) is 0. The third-order valence-corrected chi connectivity index (χ3v) is 10.6. The molecule has 0 spiro atoms. The molecule has 0 atom stereocenters. The summed E-state index contributed by atoms with van der Waals surface area (Å²) >= 11 is 0. The summed E-state index contributed by atoms with van der Waals surface area (Å²) in [6, 6.07) is 8.00. The van der Waals surface area contributed by atoms with Crippen LogP contribution in [0.5, 0.6) is 5.75 Å². The van der Waals surface area contributed by atoms with Crippen molar-refractivity contribution in [2.75, 3.05) is 51.8 Å². The van der Waals surface area contributed by atoms with Crippen molar-refractivity contribution in [3.8, 4) is 17.0 Å². The van der Waals surface area contributed by atoms with Crippen molar-refractivity contribution >= 4 is 17.8 Å². The normalized spacial score (nSPS) is 23.3. The van der Waals surface area contributed by atoms with Crippen molar-refractivity contribution in [2.45, 2.75) is 90.1 Å². The van der Waals surface area contributed by atoms with Crippen LogP contribution in [0.1, 0.15) is 94.3 Å². The molecule has 1 aliphatic heterocycles. The van der Waals surface area contributed by atoms with Crippen molar-refractivity contribution in [1.29, 1.82) is 0 Å². The zero-order chi connectivity index (χ0) is 34.5. The lowest BCUT2D eigenvalue weighted by atomic mass is 9.79. The first-order chi connectivity index (χ1) is 23.7. The molecule has 6 rings (SSSR count). The van der Waals surface area contributed by atoms with E-state index in [1.165, 1.54) is 0 Å². The maximum Gasteiger partial charge on any atom is 0.410 e. The molecular formula is C38H52N6O5. The van der Waals surface area contributed by atoms with Crippen LogP contribution in [0, 0.1) is 18.8 Å². The van der Waals surface area contributed by atoms with E-state index in [1.54, 1.807) is 24.5 Å². The van der Waals surface area contributed by atoms with Crippen LogP contribution in [-0.4, -0.2) is 89.7 Å². The molecule has 0 N–H and O–H groups in total. The first-order valence-corrected chi connectivity index (χ1v) is 18.1. The maximum atomic E-state index is 14.4. The largest absolute Gasteiger partial charge is 0.495 e. The number of hydrogen-bond acceptors (Lipinski definition) is 9. The Morgan fingerprint density at radius 2 is 1.71 bits per heavy atom. The third kappa shape index (κ3) is 8.43.